The zero-order valence-corrected chi connectivity index (χ0v) is 10.8. The van der Waals surface area contributed by atoms with Crippen LogP contribution in [0.1, 0.15) is 43.1 Å². The van der Waals surface area contributed by atoms with Crippen LogP contribution in [0.3, 0.4) is 0 Å². The van der Waals surface area contributed by atoms with E-state index in [9.17, 15) is 4.79 Å². The Bertz CT molecular complexity index is 396. The highest BCUT2D eigenvalue weighted by Gasteiger charge is 2.23. The van der Waals surface area contributed by atoms with Crippen LogP contribution in [-0.4, -0.2) is 33.9 Å². The van der Waals surface area contributed by atoms with Gasteiger partial charge >= 0.3 is 0 Å². The van der Waals surface area contributed by atoms with E-state index in [-0.39, 0.29) is 5.91 Å². The van der Waals surface area contributed by atoms with Gasteiger partial charge in [-0.2, -0.15) is 0 Å². The quantitative estimate of drug-likeness (QED) is 0.884. The van der Waals surface area contributed by atoms with Gasteiger partial charge < -0.3 is 10.6 Å². The molecule has 0 unspecified atom stereocenters. The molecule has 0 spiro atoms. The maximum absolute atomic E-state index is 12.2. The molecule has 2 heterocycles. The summed E-state index contributed by atoms with van der Waals surface area (Å²) in [7, 11) is 0. The molecule has 2 N–H and O–H groups in total. The number of nitrogens with zero attached hydrogens (tertiary/aromatic N) is 3. The molecule has 5 heteroatoms. The van der Waals surface area contributed by atoms with Crippen LogP contribution in [0.25, 0.3) is 0 Å². The molecule has 1 aromatic heterocycles. The molecule has 98 valence electrons. The molecule has 1 aliphatic heterocycles. The molecule has 0 saturated carbocycles. The Kier molecular flexibility index (Phi) is 4.12. The number of rotatable bonds is 3. The first-order valence-corrected chi connectivity index (χ1v) is 6.57. The predicted molar refractivity (Wildman–Crippen MR) is 70.0 cm³/mol. The van der Waals surface area contributed by atoms with Gasteiger partial charge in [0.2, 0.25) is 0 Å². The average molecular weight is 248 g/mol. The Morgan fingerprint density at radius 3 is 2.67 bits per heavy atom. The van der Waals surface area contributed by atoms with Crippen molar-refractivity contribution in [2.24, 2.45) is 5.92 Å². The largest absolute Gasteiger partial charge is 0.382 e. The van der Waals surface area contributed by atoms with E-state index in [0.717, 1.165) is 31.8 Å². The molecule has 0 aliphatic carbocycles. The molecule has 2 rings (SSSR count). The van der Waals surface area contributed by atoms with Gasteiger partial charge in [-0.1, -0.05) is 19.8 Å². The molecule has 1 aromatic rings. The Morgan fingerprint density at radius 1 is 1.39 bits per heavy atom. The minimum absolute atomic E-state index is 0.0301. The number of aromatic nitrogens is 2. The second-order valence-electron chi connectivity index (χ2n) is 4.85. The fourth-order valence-corrected chi connectivity index (χ4v) is 2.44. The standard InChI is InChI=1S/C13H20N4O/c1-2-3-10-4-6-17(7-5-10)13(18)11-8-16-12(14)9-15-11/h8-10H,2-7H2,1H3,(H2,14,16). The number of nitrogens with two attached hydrogens (primary N) is 1. The van der Waals surface area contributed by atoms with Crippen molar-refractivity contribution in [3.8, 4) is 0 Å². The predicted octanol–water partition coefficient (Wildman–Crippen LogP) is 1.71. The van der Waals surface area contributed by atoms with E-state index in [1.54, 1.807) is 0 Å². The summed E-state index contributed by atoms with van der Waals surface area (Å²) in [6, 6.07) is 0. The third-order valence-corrected chi connectivity index (χ3v) is 3.49. The van der Waals surface area contributed by atoms with Crippen molar-refractivity contribution in [3.05, 3.63) is 18.1 Å². The number of hydrogen-bond donors (Lipinski definition) is 1. The number of likely N-dealkylation sites (tertiary alicyclic amines) is 1. The summed E-state index contributed by atoms with van der Waals surface area (Å²) in [5, 5.41) is 0. The summed E-state index contributed by atoms with van der Waals surface area (Å²) in [6.45, 7) is 3.87. The van der Waals surface area contributed by atoms with Crippen LogP contribution in [0.5, 0.6) is 0 Å². The first kappa shape index (κ1) is 12.8. The van der Waals surface area contributed by atoms with Crippen LogP contribution in [0.4, 0.5) is 5.82 Å². The first-order chi connectivity index (χ1) is 8.70. The van der Waals surface area contributed by atoms with E-state index in [1.807, 2.05) is 4.90 Å². The number of hydrogen-bond acceptors (Lipinski definition) is 4. The van der Waals surface area contributed by atoms with Crippen molar-refractivity contribution in [2.45, 2.75) is 32.6 Å². The highest BCUT2D eigenvalue weighted by Crippen LogP contribution is 2.22. The highest BCUT2D eigenvalue weighted by atomic mass is 16.2. The highest BCUT2D eigenvalue weighted by molar-refractivity contribution is 5.92. The number of anilines is 1. The fourth-order valence-electron chi connectivity index (χ4n) is 2.44. The van der Waals surface area contributed by atoms with Gasteiger partial charge in [-0.05, 0) is 18.8 Å². The molecule has 5 nitrogen and oxygen atoms in total. The molecule has 1 saturated heterocycles. The molecule has 1 amide bonds. The van der Waals surface area contributed by atoms with Crippen molar-refractivity contribution < 1.29 is 4.79 Å². The van der Waals surface area contributed by atoms with Gasteiger partial charge in [-0.25, -0.2) is 9.97 Å². The third kappa shape index (κ3) is 2.97. The number of carbonyl (C=O) groups is 1. The number of amides is 1. The lowest BCUT2D eigenvalue weighted by molar-refractivity contribution is 0.0680. The first-order valence-electron chi connectivity index (χ1n) is 6.57. The molecule has 0 atom stereocenters. The molecule has 0 bridgehead atoms. The van der Waals surface area contributed by atoms with Crippen LogP contribution >= 0.6 is 0 Å². The van der Waals surface area contributed by atoms with Crippen LogP contribution in [-0.2, 0) is 0 Å². The zero-order chi connectivity index (χ0) is 13.0. The second kappa shape index (κ2) is 5.80. The van der Waals surface area contributed by atoms with Crippen LogP contribution in [0.15, 0.2) is 12.4 Å². The number of piperidine rings is 1. The lowest BCUT2D eigenvalue weighted by atomic mass is 9.92. The minimum atomic E-state index is -0.0301. The summed E-state index contributed by atoms with van der Waals surface area (Å²) < 4.78 is 0. The summed E-state index contributed by atoms with van der Waals surface area (Å²) >= 11 is 0. The van der Waals surface area contributed by atoms with Crippen molar-refractivity contribution in [1.29, 1.82) is 0 Å². The van der Waals surface area contributed by atoms with E-state index in [4.69, 9.17) is 5.73 Å². The van der Waals surface area contributed by atoms with E-state index in [2.05, 4.69) is 16.9 Å². The second-order valence-corrected chi connectivity index (χ2v) is 4.85. The van der Waals surface area contributed by atoms with Crippen molar-refractivity contribution in [2.75, 3.05) is 18.8 Å². The Morgan fingerprint density at radius 2 is 2.11 bits per heavy atom. The molecule has 18 heavy (non-hydrogen) atoms. The number of nitrogen functional groups attached to an aromatic ring is 1. The van der Waals surface area contributed by atoms with Gasteiger partial charge in [0.15, 0.2) is 0 Å². The molecule has 1 aliphatic rings. The van der Waals surface area contributed by atoms with E-state index >= 15 is 0 Å². The van der Waals surface area contributed by atoms with Crippen LogP contribution < -0.4 is 5.73 Å². The lowest BCUT2D eigenvalue weighted by Gasteiger charge is -2.31. The van der Waals surface area contributed by atoms with Gasteiger partial charge in [0.05, 0.1) is 12.4 Å². The van der Waals surface area contributed by atoms with Crippen LogP contribution in [0.2, 0.25) is 0 Å². The maximum atomic E-state index is 12.2. The Hall–Kier alpha value is -1.65. The summed E-state index contributed by atoms with van der Waals surface area (Å²) in [6.07, 6.45) is 7.57. The van der Waals surface area contributed by atoms with E-state index in [1.165, 1.54) is 25.2 Å². The SMILES string of the molecule is CCCC1CCN(C(=O)c2cnc(N)cn2)CC1. The van der Waals surface area contributed by atoms with Gasteiger partial charge in [0.1, 0.15) is 11.5 Å². The molecule has 1 fully saturated rings. The van der Waals surface area contributed by atoms with Crippen molar-refractivity contribution in [3.63, 3.8) is 0 Å². The summed E-state index contributed by atoms with van der Waals surface area (Å²) in [4.78, 5) is 22.0. The average Bonchev–Trinajstić information content (AvgIpc) is 2.40. The molecule has 0 radical (unpaired) electrons. The summed E-state index contributed by atoms with van der Waals surface area (Å²) in [5.74, 6) is 1.09. The lowest BCUT2D eigenvalue weighted by Crippen LogP contribution is -2.38. The van der Waals surface area contributed by atoms with Crippen molar-refractivity contribution in [1.82, 2.24) is 14.9 Å². The monoisotopic (exact) mass is 248 g/mol. The van der Waals surface area contributed by atoms with Gasteiger partial charge in [-0.15, -0.1) is 0 Å². The smallest absolute Gasteiger partial charge is 0.274 e. The fraction of sp³-hybridized carbons (Fsp3) is 0.615. The van der Waals surface area contributed by atoms with Gasteiger partial charge in [0, 0.05) is 13.1 Å². The maximum Gasteiger partial charge on any atom is 0.274 e. The normalized spacial score (nSPS) is 16.8. The topological polar surface area (TPSA) is 72.1 Å². The van der Waals surface area contributed by atoms with E-state index in [0.29, 0.717) is 11.5 Å². The van der Waals surface area contributed by atoms with E-state index < -0.39 is 0 Å². The summed E-state index contributed by atoms with van der Waals surface area (Å²) in [5.41, 5.74) is 5.85. The van der Waals surface area contributed by atoms with Crippen LogP contribution in [0, 0.1) is 5.92 Å². The van der Waals surface area contributed by atoms with Gasteiger partial charge in [-0.3, -0.25) is 4.79 Å². The molecule has 0 aromatic carbocycles. The Labute approximate surface area is 107 Å². The molecular formula is C13H20N4O. The number of carbonyl (C=O) groups excluding carboxylic acids is 1. The van der Waals surface area contributed by atoms with Gasteiger partial charge in [0.25, 0.3) is 5.91 Å². The van der Waals surface area contributed by atoms with Crippen molar-refractivity contribution >= 4 is 11.7 Å². The third-order valence-electron chi connectivity index (χ3n) is 3.49. The molecular weight excluding hydrogens is 228 g/mol. The zero-order valence-electron chi connectivity index (χ0n) is 10.8. The minimum Gasteiger partial charge on any atom is -0.382 e. The Balaban J connectivity index is 1.93.